The minimum Gasteiger partial charge on any atom is -0.495 e. The van der Waals surface area contributed by atoms with Crippen LogP contribution < -0.4 is 4.74 Å². The Morgan fingerprint density at radius 1 is 1.11 bits per heavy atom. The molecule has 0 spiro atoms. The monoisotopic (exact) mass is 362 g/mol. The fourth-order valence-electron chi connectivity index (χ4n) is 1.73. The molecule has 0 saturated carbocycles. The highest BCUT2D eigenvalue weighted by Gasteiger charge is 2.15. The van der Waals surface area contributed by atoms with E-state index in [2.05, 4.69) is 15.9 Å². The van der Waals surface area contributed by atoms with Gasteiger partial charge in [-0.15, -0.1) is 0 Å². The van der Waals surface area contributed by atoms with E-state index in [9.17, 15) is 4.39 Å². The van der Waals surface area contributed by atoms with Gasteiger partial charge >= 0.3 is 0 Å². The smallest absolute Gasteiger partial charge is 0.137 e. The minimum atomic E-state index is -0.360. The van der Waals surface area contributed by atoms with E-state index >= 15 is 0 Å². The van der Waals surface area contributed by atoms with Gasteiger partial charge in [-0.05, 0) is 35.4 Å². The Kier molecular flexibility index (Phi) is 4.71. The predicted octanol–water partition coefficient (Wildman–Crippen LogP) is 5.63. The van der Waals surface area contributed by atoms with Gasteiger partial charge in [-0.3, -0.25) is 0 Å². The van der Waals surface area contributed by atoms with E-state index in [-0.39, 0.29) is 10.6 Å². The minimum absolute atomic E-state index is 0.163. The molecule has 0 fully saturated rings. The summed E-state index contributed by atoms with van der Waals surface area (Å²) in [5.41, 5.74) is 1.70. The van der Waals surface area contributed by atoms with Gasteiger partial charge in [-0.2, -0.15) is 0 Å². The van der Waals surface area contributed by atoms with Crippen LogP contribution in [0.2, 0.25) is 10.0 Å². The maximum atomic E-state index is 13.0. The highest BCUT2D eigenvalue weighted by atomic mass is 79.9. The Morgan fingerprint density at radius 2 is 1.84 bits per heavy atom. The lowest BCUT2D eigenvalue weighted by Gasteiger charge is -2.14. The van der Waals surface area contributed by atoms with Crippen LogP contribution in [-0.4, -0.2) is 7.11 Å². The van der Waals surface area contributed by atoms with Crippen molar-refractivity contribution in [3.05, 3.63) is 63.4 Å². The van der Waals surface area contributed by atoms with E-state index in [4.69, 9.17) is 27.9 Å². The van der Waals surface area contributed by atoms with Crippen LogP contribution in [0.3, 0.4) is 0 Å². The molecule has 5 heteroatoms. The second-order valence-corrected chi connectivity index (χ2v) is 5.65. The van der Waals surface area contributed by atoms with Crippen molar-refractivity contribution in [1.82, 2.24) is 0 Å². The Hall–Kier alpha value is -0.770. The summed E-state index contributed by atoms with van der Waals surface area (Å²) in [5, 5.41) is 0.886. The van der Waals surface area contributed by atoms with E-state index in [1.165, 1.54) is 12.1 Å². The number of ether oxygens (including phenoxy) is 1. The molecule has 1 nitrogen and oxygen atoms in total. The molecule has 0 aliphatic heterocycles. The largest absolute Gasteiger partial charge is 0.495 e. The molecule has 100 valence electrons. The lowest BCUT2D eigenvalue weighted by molar-refractivity contribution is 0.415. The molecular weight excluding hydrogens is 354 g/mol. The van der Waals surface area contributed by atoms with Crippen molar-refractivity contribution in [3.8, 4) is 5.75 Å². The van der Waals surface area contributed by atoms with Gasteiger partial charge in [0, 0.05) is 5.02 Å². The summed E-state index contributed by atoms with van der Waals surface area (Å²) in [7, 11) is 1.56. The lowest BCUT2D eigenvalue weighted by Crippen LogP contribution is -1.95. The highest BCUT2D eigenvalue weighted by Crippen LogP contribution is 2.38. The Bertz CT molecular complexity index is 604. The van der Waals surface area contributed by atoms with Gasteiger partial charge in [0.2, 0.25) is 0 Å². The second kappa shape index (κ2) is 6.12. The van der Waals surface area contributed by atoms with Gasteiger partial charge < -0.3 is 4.74 Å². The standard InChI is InChI=1S/C14H10BrCl2FO/c1-19-13-5-2-8(6-12(13)17)14(15)10-4-3-9(18)7-11(10)16/h2-7,14H,1H3. The molecule has 0 aliphatic carbocycles. The third-order valence-corrected chi connectivity index (χ3v) is 4.35. The first-order valence-electron chi connectivity index (χ1n) is 5.45. The van der Waals surface area contributed by atoms with Gasteiger partial charge in [-0.1, -0.05) is 51.3 Å². The predicted molar refractivity (Wildman–Crippen MR) is 80.2 cm³/mol. The van der Waals surface area contributed by atoms with E-state index in [0.29, 0.717) is 15.8 Å². The van der Waals surface area contributed by atoms with E-state index in [0.717, 1.165) is 11.1 Å². The lowest BCUT2D eigenvalue weighted by atomic mass is 10.0. The summed E-state index contributed by atoms with van der Waals surface area (Å²) in [6, 6.07) is 9.76. The summed E-state index contributed by atoms with van der Waals surface area (Å²) in [6.45, 7) is 0. The van der Waals surface area contributed by atoms with E-state index < -0.39 is 0 Å². The number of hydrogen-bond donors (Lipinski definition) is 0. The fourth-order valence-corrected chi connectivity index (χ4v) is 3.09. The van der Waals surface area contributed by atoms with Crippen molar-refractivity contribution < 1.29 is 9.13 Å². The average molecular weight is 364 g/mol. The maximum absolute atomic E-state index is 13.0. The number of hydrogen-bond acceptors (Lipinski definition) is 1. The highest BCUT2D eigenvalue weighted by molar-refractivity contribution is 9.09. The molecule has 0 N–H and O–H groups in total. The van der Waals surface area contributed by atoms with Crippen molar-refractivity contribution in [1.29, 1.82) is 0 Å². The molecule has 0 heterocycles. The third kappa shape index (κ3) is 3.22. The first-order valence-corrected chi connectivity index (χ1v) is 7.12. The summed E-state index contributed by atoms with van der Waals surface area (Å²) >= 11 is 15.7. The Morgan fingerprint density at radius 3 is 2.42 bits per heavy atom. The van der Waals surface area contributed by atoms with E-state index in [1.807, 2.05) is 6.07 Å². The number of benzene rings is 2. The van der Waals surface area contributed by atoms with Crippen LogP contribution in [0.5, 0.6) is 5.75 Å². The number of halogens is 4. The molecule has 1 atom stereocenters. The van der Waals surface area contributed by atoms with Crippen LogP contribution in [0.15, 0.2) is 36.4 Å². The zero-order chi connectivity index (χ0) is 14.0. The van der Waals surface area contributed by atoms with Crippen molar-refractivity contribution in [2.75, 3.05) is 7.11 Å². The topological polar surface area (TPSA) is 9.23 Å². The Labute approximate surface area is 129 Å². The maximum Gasteiger partial charge on any atom is 0.137 e. The van der Waals surface area contributed by atoms with Gasteiger partial charge in [-0.25, -0.2) is 4.39 Å². The average Bonchev–Trinajstić information content (AvgIpc) is 2.38. The van der Waals surface area contributed by atoms with Crippen LogP contribution in [0.4, 0.5) is 4.39 Å². The fraction of sp³-hybridized carbons (Fsp3) is 0.143. The molecule has 0 aliphatic rings. The number of methoxy groups -OCH3 is 1. The van der Waals surface area contributed by atoms with Crippen LogP contribution in [0, 0.1) is 5.82 Å². The summed E-state index contributed by atoms with van der Waals surface area (Å²) in [6.07, 6.45) is 0. The first kappa shape index (κ1) is 14.6. The molecule has 2 aromatic carbocycles. The normalized spacial score (nSPS) is 12.3. The molecule has 0 saturated heterocycles. The Balaban J connectivity index is 2.38. The molecular formula is C14H10BrCl2FO. The first-order chi connectivity index (χ1) is 9.02. The molecule has 2 rings (SSSR count). The van der Waals surface area contributed by atoms with Gasteiger partial charge in [0.05, 0.1) is 17.0 Å². The molecule has 0 radical (unpaired) electrons. The van der Waals surface area contributed by atoms with Crippen LogP contribution in [0.25, 0.3) is 0 Å². The van der Waals surface area contributed by atoms with Crippen LogP contribution in [0.1, 0.15) is 16.0 Å². The van der Waals surface area contributed by atoms with Gasteiger partial charge in [0.15, 0.2) is 0 Å². The number of rotatable bonds is 3. The SMILES string of the molecule is COc1ccc(C(Br)c2ccc(F)cc2Cl)cc1Cl. The van der Waals surface area contributed by atoms with Crippen molar-refractivity contribution in [2.24, 2.45) is 0 Å². The molecule has 0 aromatic heterocycles. The van der Waals surface area contributed by atoms with Crippen molar-refractivity contribution >= 4 is 39.1 Å². The van der Waals surface area contributed by atoms with Crippen molar-refractivity contribution in [2.45, 2.75) is 4.83 Å². The van der Waals surface area contributed by atoms with Crippen LogP contribution >= 0.6 is 39.1 Å². The second-order valence-electron chi connectivity index (χ2n) is 3.92. The zero-order valence-corrected chi connectivity index (χ0v) is 13.1. The summed E-state index contributed by atoms with van der Waals surface area (Å²) in [4.78, 5) is -0.163. The third-order valence-electron chi connectivity index (χ3n) is 2.70. The van der Waals surface area contributed by atoms with Crippen molar-refractivity contribution in [3.63, 3.8) is 0 Å². The molecule has 1 unspecified atom stereocenters. The summed E-state index contributed by atoms with van der Waals surface area (Å²) < 4.78 is 18.1. The molecule has 0 amide bonds. The summed E-state index contributed by atoms with van der Waals surface area (Å²) in [5.74, 6) is 0.247. The quantitative estimate of drug-likeness (QED) is 0.642. The van der Waals surface area contributed by atoms with Gasteiger partial charge in [0.1, 0.15) is 11.6 Å². The molecule has 0 bridgehead atoms. The van der Waals surface area contributed by atoms with E-state index in [1.54, 1.807) is 25.3 Å². The number of alkyl halides is 1. The molecule has 2 aromatic rings. The molecule has 19 heavy (non-hydrogen) atoms. The van der Waals surface area contributed by atoms with Crippen LogP contribution in [-0.2, 0) is 0 Å². The van der Waals surface area contributed by atoms with Gasteiger partial charge in [0.25, 0.3) is 0 Å². The zero-order valence-electron chi connectivity index (χ0n) is 9.96.